The zero-order valence-corrected chi connectivity index (χ0v) is 18.5. The van der Waals surface area contributed by atoms with Crippen LogP contribution in [0.4, 0.5) is 5.82 Å². The van der Waals surface area contributed by atoms with Crippen LogP contribution >= 0.6 is 11.3 Å². The van der Waals surface area contributed by atoms with Crippen LogP contribution in [-0.4, -0.2) is 39.7 Å². The highest BCUT2D eigenvalue weighted by Crippen LogP contribution is 2.30. The molecule has 32 heavy (non-hydrogen) atoms. The lowest BCUT2D eigenvalue weighted by atomic mass is 10.1. The zero-order chi connectivity index (χ0) is 22.2. The Morgan fingerprint density at radius 3 is 2.66 bits per heavy atom. The van der Waals surface area contributed by atoms with Crippen LogP contribution in [0.15, 0.2) is 53.5 Å². The number of allylic oxidation sites excluding steroid dienone is 1. The van der Waals surface area contributed by atoms with Crippen LogP contribution in [-0.2, 0) is 4.74 Å². The second kappa shape index (κ2) is 8.19. The number of nitrogens with zero attached hydrogens (tertiary/aromatic N) is 5. The average molecular weight is 444 g/mol. The van der Waals surface area contributed by atoms with Crippen LogP contribution in [0.25, 0.3) is 27.5 Å². The second-order valence-corrected chi connectivity index (χ2v) is 8.93. The van der Waals surface area contributed by atoms with Crippen LogP contribution in [0.3, 0.4) is 0 Å². The third kappa shape index (κ3) is 3.66. The SMILES string of the molecule is CC1CN(c2nc3ccccn3c(=O)c2C=C(C#N)c2nc3ccccc3s2)CC(C)O1. The van der Waals surface area contributed by atoms with Crippen molar-refractivity contribution in [3.63, 3.8) is 0 Å². The maximum atomic E-state index is 13.5. The molecule has 1 aliphatic rings. The molecule has 7 nitrogen and oxygen atoms in total. The number of aromatic nitrogens is 3. The van der Waals surface area contributed by atoms with Gasteiger partial charge in [-0.2, -0.15) is 5.26 Å². The monoisotopic (exact) mass is 443 g/mol. The van der Waals surface area contributed by atoms with Gasteiger partial charge in [0, 0.05) is 19.3 Å². The van der Waals surface area contributed by atoms with E-state index in [4.69, 9.17) is 9.72 Å². The van der Waals surface area contributed by atoms with Crippen molar-refractivity contribution in [3.8, 4) is 6.07 Å². The lowest BCUT2D eigenvalue weighted by molar-refractivity contribution is -0.00546. The van der Waals surface area contributed by atoms with Gasteiger partial charge in [-0.1, -0.05) is 18.2 Å². The van der Waals surface area contributed by atoms with E-state index in [1.54, 1.807) is 18.3 Å². The van der Waals surface area contributed by atoms with Crippen LogP contribution in [0.2, 0.25) is 0 Å². The summed E-state index contributed by atoms with van der Waals surface area (Å²) in [5, 5.41) is 10.5. The maximum Gasteiger partial charge on any atom is 0.267 e. The molecule has 4 heterocycles. The summed E-state index contributed by atoms with van der Waals surface area (Å²) in [6, 6.07) is 15.4. The van der Waals surface area contributed by atoms with Crippen molar-refractivity contribution in [2.75, 3.05) is 18.0 Å². The first-order valence-electron chi connectivity index (χ1n) is 10.4. The number of anilines is 1. The minimum atomic E-state index is -0.216. The van der Waals surface area contributed by atoms with E-state index in [9.17, 15) is 10.1 Å². The molecule has 1 fully saturated rings. The van der Waals surface area contributed by atoms with Crippen molar-refractivity contribution in [1.29, 1.82) is 5.26 Å². The molecule has 5 rings (SSSR count). The second-order valence-electron chi connectivity index (χ2n) is 7.90. The largest absolute Gasteiger partial charge is 0.372 e. The highest BCUT2D eigenvalue weighted by Gasteiger charge is 2.26. The van der Waals surface area contributed by atoms with Crippen LogP contribution in [0.5, 0.6) is 0 Å². The Kier molecular flexibility index (Phi) is 5.21. The van der Waals surface area contributed by atoms with Crippen molar-refractivity contribution in [2.24, 2.45) is 0 Å². The standard InChI is InChI=1S/C24H21N5O2S/c1-15-13-28(14-16(2)31-15)22-18(24(30)29-10-6-5-9-21(29)27-22)11-17(12-25)23-26-19-7-3-4-8-20(19)32-23/h3-11,15-16H,13-14H2,1-2H3. The van der Waals surface area contributed by atoms with Gasteiger partial charge in [-0.05, 0) is 44.2 Å². The summed E-state index contributed by atoms with van der Waals surface area (Å²) in [7, 11) is 0. The zero-order valence-electron chi connectivity index (χ0n) is 17.7. The topological polar surface area (TPSA) is 83.5 Å². The fourth-order valence-electron chi connectivity index (χ4n) is 4.08. The summed E-state index contributed by atoms with van der Waals surface area (Å²) in [6.07, 6.45) is 3.34. The molecule has 0 bridgehead atoms. The van der Waals surface area contributed by atoms with Gasteiger partial charge in [-0.15, -0.1) is 11.3 Å². The molecule has 160 valence electrons. The first-order valence-corrected chi connectivity index (χ1v) is 11.2. The number of ether oxygens (including phenoxy) is 1. The van der Waals surface area contributed by atoms with E-state index >= 15 is 0 Å². The highest BCUT2D eigenvalue weighted by atomic mass is 32.1. The number of benzene rings is 1. The summed E-state index contributed by atoms with van der Waals surface area (Å²) in [5.41, 5.74) is 1.90. The number of rotatable bonds is 3. The molecule has 0 amide bonds. The number of thiazole rings is 1. The highest BCUT2D eigenvalue weighted by molar-refractivity contribution is 7.19. The normalized spacial score (nSPS) is 19.4. The number of pyridine rings is 1. The Labute approximate surface area is 188 Å². The van der Waals surface area contributed by atoms with Gasteiger partial charge in [0.2, 0.25) is 0 Å². The van der Waals surface area contributed by atoms with Gasteiger partial charge in [0.25, 0.3) is 5.56 Å². The van der Waals surface area contributed by atoms with Gasteiger partial charge in [0.1, 0.15) is 22.5 Å². The number of nitriles is 1. The minimum Gasteiger partial charge on any atom is -0.372 e. The molecule has 3 aromatic heterocycles. The summed E-state index contributed by atoms with van der Waals surface area (Å²) in [5.74, 6) is 0.567. The number of morpholine rings is 1. The fourth-order valence-corrected chi connectivity index (χ4v) is 5.01. The minimum absolute atomic E-state index is 0.00584. The molecule has 8 heteroatoms. The first kappa shape index (κ1) is 20.4. The predicted octanol–water partition coefficient (Wildman–Crippen LogP) is 3.98. The molecule has 4 aromatic rings. The molecule has 0 saturated carbocycles. The molecule has 1 aliphatic heterocycles. The molecule has 1 aromatic carbocycles. The summed E-state index contributed by atoms with van der Waals surface area (Å²) < 4.78 is 8.38. The molecule has 2 atom stereocenters. The van der Waals surface area contributed by atoms with Gasteiger partial charge in [0.05, 0.1) is 33.6 Å². The van der Waals surface area contributed by atoms with E-state index in [0.717, 1.165) is 10.2 Å². The van der Waals surface area contributed by atoms with E-state index in [1.165, 1.54) is 15.7 Å². The van der Waals surface area contributed by atoms with Crippen LogP contribution in [0, 0.1) is 11.3 Å². The van der Waals surface area contributed by atoms with Crippen LogP contribution in [0.1, 0.15) is 24.4 Å². The van der Waals surface area contributed by atoms with Gasteiger partial charge >= 0.3 is 0 Å². The molecule has 0 radical (unpaired) electrons. The lowest BCUT2D eigenvalue weighted by Crippen LogP contribution is -2.46. The first-order chi connectivity index (χ1) is 15.5. The maximum absolute atomic E-state index is 13.5. The van der Waals surface area contributed by atoms with Gasteiger partial charge in [-0.25, -0.2) is 9.97 Å². The fraction of sp³-hybridized carbons (Fsp3) is 0.250. The van der Waals surface area contributed by atoms with Gasteiger partial charge in [0.15, 0.2) is 0 Å². The number of hydrogen-bond donors (Lipinski definition) is 0. The van der Waals surface area contributed by atoms with Gasteiger partial charge in [-0.3, -0.25) is 9.20 Å². The third-order valence-corrected chi connectivity index (χ3v) is 6.47. The quantitative estimate of drug-likeness (QED) is 0.446. The van der Waals surface area contributed by atoms with Crippen molar-refractivity contribution >= 4 is 44.7 Å². The van der Waals surface area contributed by atoms with Gasteiger partial charge < -0.3 is 9.64 Å². The number of fused-ring (bicyclic) bond motifs is 2. The Hall–Kier alpha value is -3.54. The number of hydrogen-bond acceptors (Lipinski definition) is 7. The van der Waals surface area contributed by atoms with Crippen molar-refractivity contribution in [2.45, 2.75) is 26.1 Å². The molecular weight excluding hydrogens is 422 g/mol. The smallest absolute Gasteiger partial charge is 0.267 e. The average Bonchev–Trinajstić information content (AvgIpc) is 3.22. The summed E-state index contributed by atoms with van der Waals surface area (Å²) >= 11 is 1.44. The molecule has 2 unspecified atom stereocenters. The van der Waals surface area contributed by atoms with E-state index in [2.05, 4.69) is 16.0 Å². The molecule has 1 saturated heterocycles. The van der Waals surface area contributed by atoms with E-state index < -0.39 is 0 Å². The Morgan fingerprint density at radius 1 is 1.16 bits per heavy atom. The molecular formula is C24H21N5O2S. The van der Waals surface area contributed by atoms with Crippen molar-refractivity contribution in [3.05, 3.63) is 69.6 Å². The Balaban J connectivity index is 1.71. The molecule has 0 spiro atoms. The van der Waals surface area contributed by atoms with Crippen LogP contribution < -0.4 is 10.5 Å². The van der Waals surface area contributed by atoms with E-state index in [1.807, 2.05) is 50.2 Å². The Morgan fingerprint density at radius 2 is 1.91 bits per heavy atom. The predicted molar refractivity (Wildman–Crippen MR) is 127 cm³/mol. The van der Waals surface area contributed by atoms with Crippen molar-refractivity contribution < 1.29 is 4.74 Å². The third-order valence-electron chi connectivity index (χ3n) is 5.40. The summed E-state index contributed by atoms with van der Waals surface area (Å²) in [6.45, 7) is 5.25. The Bertz CT molecular complexity index is 1410. The summed E-state index contributed by atoms with van der Waals surface area (Å²) in [4.78, 5) is 25.0. The molecule has 0 aliphatic carbocycles. The van der Waals surface area contributed by atoms with Crippen molar-refractivity contribution in [1.82, 2.24) is 14.4 Å². The van der Waals surface area contributed by atoms with E-state index in [-0.39, 0.29) is 17.8 Å². The lowest BCUT2D eigenvalue weighted by Gasteiger charge is -2.36. The number of para-hydroxylation sites is 1. The van der Waals surface area contributed by atoms with E-state index in [0.29, 0.717) is 40.7 Å². The molecule has 0 N–H and O–H groups in total.